The highest BCUT2D eigenvalue weighted by Gasteiger charge is 2.37. The number of benzene rings is 2. The minimum Gasteiger partial charge on any atom is -0.339 e. The summed E-state index contributed by atoms with van der Waals surface area (Å²) in [7, 11) is 0. The van der Waals surface area contributed by atoms with Crippen molar-refractivity contribution in [3.63, 3.8) is 0 Å². The molecule has 2 heterocycles. The van der Waals surface area contributed by atoms with Crippen molar-refractivity contribution in [2.45, 2.75) is 38.1 Å². The van der Waals surface area contributed by atoms with E-state index in [1.807, 2.05) is 23.2 Å². The van der Waals surface area contributed by atoms with E-state index in [0.29, 0.717) is 16.5 Å². The van der Waals surface area contributed by atoms with E-state index in [1.54, 1.807) is 12.1 Å². The molecule has 0 spiro atoms. The number of aryl methyl sites for hydroxylation is 1. The Labute approximate surface area is 190 Å². The van der Waals surface area contributed by atoms with Gasteiger partial charge >= 0.3 is 0 Å². The van der Waals surface area contributed by atoms with Gasteiger partial charge in [-0.1, -0.05) is 35.3 Å². The molecule has 1 N–H and O–H groups in total. The SMILES string of the molecule is O=C1C(Cc2c(Cl)cc(-c3ccc(F)cc3)cc2Cl)CCN1[C@@H]1CCc2cn[nH]c2C1. The molecule has 5 rings (SSSR count). The van der Waals surface area contributed by atoms with Gasteiger partial charge in [-0.05, 0) is 72.2 Å². The maximum atomic E-state index is 13.2. The number of hydrogen-bond donors (Lipinski definition) is 1. The summed E-state index contributed by atoms with van der Waals surface area (Å²) in [6, 6.07) is 10.1. The van der Waals surface area contributed by atoms with Crippen LogP contribution in [0.1, 0.15) is 29.7 Å². The molecule has 3 aromatic rings. The fourth-order valence-corrected chi connectivity index (χ4v) is 5.47. The monoisotopic (exact) mass is 457 g/mol. The first-order valence-corrected chi connectivity index (χ1v) is 11.3. The van der Waals surface area contributed by atoms with Gasteiger partial charge in [-0.3, -0.25) is 9.89 Å². The van der Waals surface area contributed by atoms with E-state index in [-0.39, 0.29) is 23.7 Å². The van der Waals surface area contributed by atoms with Crippen LogP contribution in [0.5, 0.6) is 0 Å². The van der Waals surface area contributed by atoms with Gasteiger partial charge in [-0.2, -0.15) is 5.10 Å². The van der Waals surface area contributed by atoms with Crippen molar-refractivity contribution in [3.8, 4) is 11.1 Å². The highest BCUT2D eigenvalue weighted by molar-refractivity contribution is 6.36. The fraction of sp³-hybridized carbons (Fsp3) is 0.333. The Hall–Kier alpha value is -2.37. The van der Waals surface area contributed by atoms with Crippen LogP contribution in [0.15, 0.2) is 42.6 Å². The maximum absolute atomic E-state index is 13.2. The molecule has 1 unspecified atom stereocenters. The Bertz CT molecular complexity index is 1110. The van der Waals surface area contributed by atoms with Crippen LogP contribution in [0.25, 0.3) is 11.1 Å². The second-order valence-corrected chi connectivity index (χ2v) is 9.23. The van der Waals surface area contributed by atoms with Gasteiger partial charge < -0.3 is 4.90 Å². The van der Waals surface area contributed by atoms with E-state index in [1.165, 1.54) is 17.7 Å². The van der Waals surface area contributed by atoms with Crippen LogP contribution in [0, 0.1) is 11.7 Å². The number of carbonyl (C=O) groups excluding carboxylic acids is 1. The maximum Gasteiger partial charge on any atom is 0.226 e. The van der Waals surface area contributed by atoms with Gasteiger partial charge in [0.1, 0.15) is 5.82 Å². The standard InChI is InChI=1S/C24H22Cl2FN3O/c25-21-10-17(14-1-4-18(27)5-2-14)11-22(26)20(21)9-15-7-8-30(24(15)31)19-6-3-16-13-28-29-23(16)12-19/h1-2,4-5,10-11,13,15,19H,3,6-9,12H2,(H,28,29)/t15?,19-/m1/s1. The summed E-state index contributed by atoms with van der Waals surface area (Å²) in [5, 5.41) is 8.28. The summed E-state index contributed by atoms with van der Waals surface area (Å²) in [5.41, 5.74) is 4.88. The summed E-state index contributed by atoms with van der Waals surface area (Å²) in [6.07, 6.45) is 5.98. The van der Waals surface area contributed by atoms with Gasteiger partial charge in [0.25, 0.3) is 0 Å². The largest absolute Gasteiger partial charge is 0.339 e. The van der Waals surface area contributed by atoms with Crippen LogP contribution in [-0.4, -0.2) is 33.6 Å². The topological polar surface area (TPSA) is 49.0 Å². The van der Waals surface area contributed by atoms with E-state index in [2.05, 4.69) is 10.2 Å². The second-order valence-electron chi connectivity index (χ2n) is 8.42. The summed E-state index contributed by atoms with van der Waals surface area (Å²) < 4.78 is 13.2. The summed E-state index contributed by atoms with van der Waals surface area (Å²) >= 11 is 13.2. The third-order valence-corrected chi connectivity index (χ3v) is 7.23. The molecule has 2 aromatic carbocycles. The molecule has 1 amide bonds. The smallest absolute Gasteiger partial charge is 0.226 e. The Morgan fingerprint density at radius 1 is 1.10 bits per heavy atom. The number of fused-ring (bicyclic) bond motifs is 1. The number of carbonyl (C=O) groups is 1. The zero-order valence-electron chi connectivity index (χ0n) is 16.9. The zero-order valence-corrected chi connectivity index (χ0v) is 18.4. The number of aromatic nitrogens is 2. The lowest BCUT2D eigenvalue weighted by Gasteiger charge is -2.31. The van der Waals surface area contributed by atoms with Crippen LogP contribution < -0.4 is 0 Å². The highest BCUT2D eigenvalue weighted by Crippen LogP contribution is 2.36. The molecule has 1 aliphatic carbocycles. The molecule has 0 radical (unpaired) electrons. The Morgan fingerprint density at radius 3 is 2.58 bits per heavy atom. The Morgan fingerprint density at radius 2 is 1.84 bits per heavy atom. The van der Waals surface area contributed by atoms with Crippen molar-refractivity contribution in [2.75, 3.05) is 6.54 Å². The number of H-pyrrole nitrogens is 1. The fourth-order valence-electron chi connectivity index (χ4n) is 4.82. The van der Waals surface area contributed by atoms with Crippen molar-refractivity contribution < 1.29 is 9.18 Å². The van der Waals surface area contributed by atoms with Gasteiger partial charge in [0, 0.05) is 40.7 Å². The van der Waals surface area contributed by atoms with Crippen molar-refractivity contribution in [1.29, 1.82) is 0 Å². The molecule has 0 saturated carbocycles. The van der Waals surface area contributed by atoms with Crippen molar-refractivity contribution in [2.24, 2.45) is 5.92 Å². The molecular weight excluding hydrogens is 436 g/mol. The number of likely N-dealkylation sites (tertiary alicyclic amines) is 1. The quantitative estimate of drug-likeness (QED) is 0.564. The van der Waals surface area contributed by atoms with Gasteiger partial charge in [0.15, 0.2) is 0 Å². The molecular formula is C24H22Cl2FN3O. The third-order valence-electron chi connectivity index (χ3n) is 6.55. The molecule has 7 heteroatoms. The minimum atomic E-state index is -0.288. The highest BCUT2D eigenvalue weighted by atomic mass is 35.5. The normalized spacial score (nSPS) is 20.9. The first-order valence-electron chi connectivity index (χ1n) is 10.5. The van der Waals surface area contributed by atoms with Gasteiger partial charge in [0.2, 0.25) is 5.91 Å². The lowest BCUT2D eigenvalue weighted by Crippen LogP contribution is -2.41. The van der Waals surface area contributed by atoms with E-state index in [0.717, 1.165) is 54.6 Å². The lowest BCUT2D eigenvalue weighted by atomic mass is 9.92. The van der Waals surface area contributed by atoms with Crippen molar-refractivity contribution >= 4 is 29.1 Å². The predicted molar refractivity (Wildman–Crippen MR) is 120 cm³/mol. The van der Waals surface area contributed by atoms with E-state index in [9.17, 15) is 9.18 Å². The van der Waals surface area contributed by atoms with Crippen LogP contribution in [0.2, 0.25) is 10.0 Å². The van der Waals surface area contributed by atoms with Gasteiger partial charge in [0.05, 0.1) is 6.20 Å². The molecule has 160 valence electrons. The minimum absolute atomic E-state index is 0.116. The lowest BCUT2D eigenvalue weighted by molar-refractivity contribution is -0.133. The van der Waals surface area contributed by atoms with Crippen LogP contribution in [0.4, 0.5) is 4.39 Å². The Balaban J connectivity index is 1.31. The molecule has 2 atom stereocenters. The molecule has 1 saturated heterocycles. The number of aromatic amines is 1. The van der Waals surface area contributed by atoms with Gasteiger partial charge in [-0.25, -0.2) is 4.39 Å². The van der Waals surface area contributed by atoms with E-state index < -0.39 is 0 Å². The first kappa shape index (κ1) is 20.5. The van der Waals surface area contributed by atoms with Crippen LogP contribution in [-0.2, 0) is 24.1 Å². The molecule has 1 aromatic heterocycles. The average molecular weight is 458 g/mol. The zero-order chi connectivity index (χ0) is 21.5. The summed E-state index contributed by atoms with van der Waals surface area (Å²) in [4.78, 5) is 15.2. The first-order chi connectivity index (χ1) is 15.0. The average Bonchev–Trinajstić information content (AvgIpc) is 3.37. The molecule has 0 bridgehead atoms. The molecule has 1 aliphatic heterocycles. The Kier molecular flexibility index (Phi) is 5.49. The number of rotatable bonds is 4. The van der Waals surface area contributed by atoms with Crippen LogP contribution in [0.3, 0.4) is 0 Å². The summed E-state index contributed by atoms with van der Waals surface area (Å²) in [6.45, 7) is 0.764. The number of amides is 1. The molecule has 4 nitrogen and oxygen atoms in total. The van der Waals surface area contributed by atoms with Crippen molar-refractivity contribution in [1.82, 2.24) is 15.1 Å². The molecule has 1 fully saturated rings. The second kappa shape index (κ2) is 8.29. The third kappa shape index (κ3) is 3.97. The molecule has 31 heavy (non-hydrogen) atoms. The van der Waals surface area contributed by atoms with E-state index in [4.69, 9.17) is 23.2 Å². The predicted octanol–water partition coefficient (Wildman–Crippen LogP) is 5.47. The summed E-state index contributed by atoms with van der Waals surface area (Å²) in [5.74, 6) is -0.221. The van der Waals surface area contributed by atoms with Gasteiger partial charge in [-0.15, -0.1) is 0 Å². The number of nitrogens with one attached hydrogen (secondary N) is 1. The van der Waals surface area contributed by atoms with E-state index >= 15 is 0 Å². The number of hydrogen-bond acceptors (Lipinski definition) is 2. The molecule has 2 aliphatic rings. The van der Waals surface area contributed by atoms with Crippen LogP contribution >= 0.6 is 23.2 Å². The number of nitrogens with zero attached hydrogens (tertiary/aromatic N) is 2. The van der Waals surface area contributed by atoms with Crippen molar-refractivity contribution in [3.05, 3.63) is 75.3 Å². The number of halogens is 3.